The van der Waals surface area contributed by atoms with Crippen LogP contribution < -0.4 is 9.47 Å². The van der Waals surface area contributed by atoms with Gasteiger partial charge in [0.15, 0.2) is 11.3 Å². The number of hydrogen-bond acceptors (Lipinski definition) is 6. The van der Waals surface area contributed by atoms with E-state index in [1.807, 2.05) is 57.2 Å². The lowest BCUT2D eigenvalue weighted by Crippen LogP contribution is -2.25. The Bertz CT molecular complexity index is 1110. The average molecular weight is 517 g/mol. The summed E-state index contributed by atoms with van der Waals surface area (Å²) in [6.45, 7) is 7.15. The Morgan fingerprint density at radius 2 is 1.94 bits per heavy atom. The third-order valence-electron chi connectivity index (χ3n) is 5.24. The summed E-state index contributed by atoms with van der Waals surface area (Å²) in [6, 6.07) is 11.4. The summed E-state index contributed by atoms with van der Waals surface area (Å²) in [5.41, 5.74) is 1.82. The van der Waals surface area contributed by atoms with E-state index in [4.69, 9.17) is 23.4 Å². The van der Waals surface area contributed by atoms with Gasteiger partial charge in [0, 0.05) is 27.6 Å². The number of esters is 1. The Kier molecular flexibility index (Phi) is 7.29. The summed E-state index contributed by atoms with van der Waals surface area (Å²) < 4.78 is 30.0. The van der Waals surface area contributed by atoms with E-state index in [0.717, 1.165) is 40.4 Å². The molecule has 2 heterocycles. The summed E-state index contributed by atoms with van der Waals surface area (Å²) in [7, 11) is 0. The summed E-state index contributed by atoms with van der Waals surface area (Å²) in [6.07, 6.45) is 4.04. The van der Waals surface area contributed by atoms with Gasteiger partial charge in [0.25, 0.3) is 0 Å². The van der Waals surface area contributed by atoms with Crippen molar-refractivity contribution in [3.63, 3.8) is 0 Å². The number of carbonyl (C=O) groups is 1. The zero-order valence-corrected chi connectivity index (χ0v) is 20.8. The van der Waals surface area contributed by atoms with Crippen LogP contribution in [0.2, 0.25) is 0 Å². The molecule has 0 spiro atoms. The number of rotatable bonds is 8. The third kappa shape index (κ3) is 6.30. The molecule has 0 N–H and O–H groups in total. The Labute approximate surface area is 202 Å². The molecule has 3 aromatic rings. The molecule has 33 heavy (non-hydrogen) atoms. The standard InChI is InChI=1S/C26H29BrO6/c1-26(2,3)33-24(28)11-17-7-4-5-9-22(17)30-14-18-15-32-25-21(18)12-19(27)13-23(25)31-16-20-8-6-10-29-20/h4-5,7,9,12-13,15,20H,6,8,10-11,14,16H2,1-3H3. The molecule has 4 rings (SSSR count). The van der Waals surface area contributed by atoms with E-state index >= 15 is 0 Å². The fourth-order valence-corrected chi connectivity index (χ4v) is 4.22. The molecule has 1 aliphatic rings. The second-order valence-electron chi connectivity index (χ2n) is 9.15. The Morgan fingerprint density at radius 3 is 2.70 bits per heavy atom. The van der Waals surface area contributed by atoms with Gasteiger partial charge >= 0.3 is 5.97 Å². The SMILES string of the molecule is CC(C)(C)OC(=O)Cc1ccccc1OCc1coc2c(OCC3CCCO3)cc(Br)cc12. The van der Waals surface area contributed by atoms with Gasteiger partial charge < -0.3 is 23.4 Å². The fraction of sp³-hybridized carbons (Fsp3) is 0.423. The molecule has 176 valence electrons. The minimum absolute atomic E-state index is 0.123. The highest BCUT2D eigenvalue weighted by atomic mass is 79.9. The first-order valence-corrected chi connectivity index (χ1v) is 11.9. The molecule has 1 aromatic heterocycles. The summed E-state index contributed by atoms with van der Waals surface area (Å²) >= 11 is 3.57. The van der Waals surface area contributed by atoms with Crippen molar-refractivity contribution >= 4 is 32.9 Å². The van der Waals surface area contributed by atoms with Gasteiger partial charge in [0.1, 0.15) is 24.6 Å². The van der Waals surface area contributed by atoms with E-state index in [1.54, 1.807) is 6.26 Å². The maximum Gasteiger partial charge on any atom is 0.310 e. The lowest BCUT2D eigenvalue weighted by Gasteiger charge is -2.20. The summed E-state index contributed by atoms with van der Waals surface area (Å²) in [4.78, 5) is 12.3. The topological polar surface area (TPSA) is 67.1 Å². The molecular formula is C26H29BrO6. The van der Waals surface area contributed by atoms with Crippen molar-refractivity contribution in [1.82, 2.24) is 0 Å². The van der Waals surface area contributed by atoms with Crippen LogP contribution in [0.25, 0.3) is 11.0 Å². The van der Waals surface area contributed by atoms with Gasteiger partial charge in [0.2, 0.25) is 0 Å². The van der Waals surface area contributed by atoms with Crippen LogP contribution in [0.1, 0.15) is 44.7 Å². The van der Waals surface area contributed by atoms with Crippen molar-refractivity contribution in [1.29, 1.82) is 0 Å². The molecule has 1 aliphatic heterocycles. The molecule has 1 saturated heterocycles. The van der Waals surface area contributed by atoms with Crippen LogP contribution in [0.4, 0.5) is 0 Å². The monoisotopic (exact) mass is 516 g/mol. The molecule has 1 atom stereocenters. The molecule has 6 nitrogen and oxygen atoms in total. The first-order valence-electron chi connectivity index (χ1n) is 11.1. The van der Waals surface area contributed by atoms with Crippen LogP contribution in [0.5, 0.6) is 11.5 Å². The van der Waals surface area contributed by atoms with Gasteiger partial charge in [-0.3, -0.25) is 4.79 Å². The normalized spacial score (nSPS) is 16.2. The largest absolute Gasteiger partial charge is 0.488 e. The Balaban J connectivity index is 1.47. The number of para-hydroxylation sites is 1. The van der Waals surface area contributed by atoms with Crippen LogP contribution in [-0.4, -0.2) is 30.9 Å². The lowest BCUT2D eigenvalue weighted by atomic mass is 10.1. The summed E-state index contributed by atoms with van der Waals surface area (Å²) in [5.74, 6) is 1.03. The van der Waals surface area contributed by atoms with Crippen LogP contribution in [0.3, 0.4) is 0 Å². The second kappa shape index (κ2) is 10.2. The predicted molar refractivity (Wildman–Crippen MR) is 129 cm³/mol. The average Bonchev–Trinajstić information content (AvgIpc) is 3.40. The highest BCUT2D eigenvalue weighted by molar-refractivity contribution is 9.10. The molecule has 0 bridgehead atoms. The van der Waals surface area contributed by atoms with Crippen LogP contribution in [-0.2, 0) is 27.3 Å². The summed E-state index contributed by atoms with van der Waals surface area (Å²) in [5, 5.41) is 0.913. The molecule has 2 aromatic carbocycles. The number of ether oxygens (including phenoxy) is 4. The van der Waals surface area contributed by atoms with Crippen LogP contribution in [0, 0.1) is 0 Å². The highest BCUT2D eigenvalue weighted by Crippen LogP contribution is 2.35. The Hall–Kier alpha value is -2.51. The van der Waals surface area contributed by atoms with Gasteiger partial charge in [0.05, 0.1) is 18.8 Å². The van der Waals surface area contributed by atoms with Crippen molar-refractivity contribution in [2.45, 2.75) is 58.3 Å². The van der Waals surface area contributed by atoms with Gasteiger partial charge in [-0.25, -0.2) is 0 Å². The quantitative estimate of drug-likeness (QED) is 0.331. The van der Waals surface area contributed by atoms with Gasteiger partial charge in [-0.05, 0) is 51.8 Å². The maximum absolute atomic E-state index is 12.3. The van der Waals surface area contributed by atoms with Crippen LogP contribution >= 0.6 is 15.9 Å². The maximum atomic E-state index is 12.3. The molecular weight excluding hydrogens is 488 g/mol. The molecule has 0 amide bonds. The smallest absolute Gasteiger partial charge is 0.310 e. The number of hydrogen-bond donors (Lipinski definition) is 0. The molecule has 7 heteroatoms. The molecule has 0 aliphatic carbocycles. The molecule has 0 radical (unpaired) electrons. The van der Waals surface area contributed by atoms with Gasteiger partial charge in [-0.15, -0.1) is 0 Å². The van der Waals surface area contributed by atoms with E-state index in [-0.39, 0.29) is 18.5 Å². The molecule has 0 saturated carbocycles. The van der Waals surface area contributed by atoms with Crippen molar-refractivity contribution in [3.05, 3.63) is 58.3 Å². The van der Waals surface area contributed by atoms with Gasteiger partial charge in [-0.1, -0.05) is 34.1 Å². The number of halogens is 1. The number of furan rings is 1. The zero-order valence-electron chi connectivity index (χ0n) is 19.2. The number of carbonyl (C=O) groups excluding carboxylic acids is 1. The number of fused-ring (bicyclic) bond motifs is 1. The molecule has 1 unspecified atom stereocenters. The van der Waals surface area contributed by atoms with Crippen molar-refractivity contribution in [2.24, 2.45) is 0 Å². The predicted octanol–water partition coefficient (Wildman–Crippen LogP) is 6.22. The zero-order chi connectivity index (χ0) is 23.4. The van der Waals surface area contributed by atoms with E-state index < -0.39 is 5.60 Å². The van der Waals surface area contributed by atoms with E-state index in [9.17, 15) is 4.79 Å². The van der Waals surface area contributed by atoms with Crippen molar-refractivity contribution < 1.29 is 28.2 Å². The molecule has 1 fully saturated rings. The fourth-order valence-electron chi connectivity index (χ4n) is 3.78. The van der Waals surface area contributed by atoms with Gasteiger partial charge in [-0.2, -0.15) is 0 Å². The Morgan fingerprint density at radius 1 is 1.12 bits per heavy atom. The second-order valence-corrected chi connectivity index (χ2v) is 10.1. The minimum atomic E-state index is -0.528. The first kappa shape index (κ1) is 23.6. The van der Waals surface area contributed by atoms with E-state index in [0.29, 0.717) is 30.3 Å². The van der Waals surface area contributed by atoms with Crippen molar-refractivity contribution in [2.75, 3.05) is 13.2 Å². The highest BCUT2D eigenvalue weighted by Gasteiger charge is 2.20. The lowest BCUT2D eigenvalue weighted by molar-refractivity contribution is -0.153. The first-order chi connectivity index (χ1) is 15.8. The number of benzene rings is 2. The van der Waals surface area contributed by atoms with E-state index in [1.165, 1.54) is 0 Å². The third-order valence-corrected chi connectivity index (χ3v) is 5.70. The van der Waals surface area contributed by atoms with Crippen molar-refractivity contribution in [3.8, 4) is 11.5 Å². The minimum Gasteiger partial charge on any atom is -0.488 e. The van der Waals surface area contributed by atoms with E-state index in [2.05, 4.69) is 15.9 Å². The van der Waals surface area contributed by atoms with Crippen LogP contribution in [0.15, 0.2) is 51.6 Å².